The van der Waals surface area contributed by atoms with Crippen molar-refractivity contribution in [3.05, 3.63) is 35.1 Å². The average molecular weight is 246 g/mol. The molecule has 0 aliphatic heterocycles. The number of aryl methyl sites for hydroxylation is 2. The Morgan fingerprint density at radius 2 is 1.94 bits per heavy atom. The first kappa shape index (κ1) is 12.5. The van der Waals surface area contributed by atoms with Crippen molar-refractivity contribution >= 4 is 5.82 Å². The minimum Gasteiger partial charge on any atom is -0.363 e. The van der Waals surface area contributed by atoms with Gasteiger partial charge in [0.05, 0.1) is 12.2 Å². The van der Waals surface area contributed by atoms with Crippen LogP contribution in [-0.2, 0) is 6.54 Å². The summed E-state index contributed by atoms with van der Waals surface area (Å²) in [5.74, 6) is 2.79. The molecule has 0 aliphatic rings. The first-order chi connectivity index (χ1) is 8.54. The quantitative estimate of drug-likeness (QED) is 0.898. The Morgan fingerprint density at radius 1 is 1.17 bits per heavy atom. The molecule has 96 valence electrons. The molecular weight excluding hydrogens is 228 g/mol. The lowest BCUT2D eigenvalue weighted by atomic mass is 10.2. The molecule has 0 aliphatic carbocycles. The number of hydrogen-bond acceptors (Lipinski definition) is 5. The van der Waals surface area contributed by atoms with Gasteiger partial charge in [-0.1, -0.05) is 19.0 Å². The molecule has 5 nitrogen and oxygen atoms in total. The van der Waals surface area contributed by atoms with Crippen molar-refractivity contribution in [1.82, 2.24) is 15.1 Å². The summed E-state index contributed by atoms with van der Waals surface area (Å²) in [5.41, 5.74) is 1.85. The fraction of sp³-hybridized carbons (Fsp3) is 0.462. The maximum Gasteiger partial charge on any atom is 0.156 e. The van der Waals surface area contributed by atoms with Gasteiger partial charge in [-0.2, -0.15) is 0 Å². The van der Waals surface area contributed by atoms with Gasteiger partial charge in [-0.15, -0.1) is 0 Å². The monoisotopic (exact) mass is 246 g/mol. The van der Waals surface area contributed by atoms with Crippen molar-refractivity contribution < 1.29 is 4.52 Å². The van der Waals surface area contributed by atoms with Gasteiger partial charge in [-0.3, -0.25) is 0 Å². The van der Waals surface area contributed by atoms with E-state index in [1.165, 1.54) is 0 Å². The summed E-state index contributed by atoms with van der Waals surface area (Å²) in [5, 5.41) is 7.07. The van der Waals surface area contributed by atoms with Gasteiger partial charge in [0.25, 0.3) is 0 Å². The Balaban J connectivity index is 2.09. The third kappa shape index (κ3) is 3.06. The number of anilines is 1. The third-order valence-electron chi connectivity index (χ3n) is 2.51. The van der Waals surface area contributed by atoms with Crippen LogP contribution in [0.15, 0.2) is 16.7 Å². The fourth-order valence-corrected chi connectivity index (χ4v) is 1.62. The van der Waals surface area contributed by atoms with Crippen molar-refractivity contribution in [1.29, 1.82) is 0 Å². The van der Waals surface area contributed by atoms with Crippen LogP contribution in [0.3, 0.4) is 0 Å². The molecule has 2 rings (SSSR count). The zero-order valence-electron chi connectivity index (χ0n) is 11.2. The van der Waals surface area contributed by atoms with Crippen LogP contribution in [0.5, 0.6) is 0 Å². The molecule has 18 heavy (non-hydrogen) atoms. The molecule has 1 N–H and O–H groups in total. The van der Waals surface area contributed by atoms with Crippen LogP contribution in [0.25, 0.3) is 0 Å². The van der Waals surface area contributed by atoms with Crippen LogP contribution >= 0.6 is 0 Å². The summed E-state index contributed by atoms with van der Waals surface area (Å²) in [4.78, 5) is 8.88. The van der Waals surface area contributed by atoms with Crippen LogP contribution in [0, 0.1) is 13.8 Å². The lowest BCUT2D eigenvalue weighted by Crippen LogP contribution is -2.06. The predicted molar refractivity (Wildman–Crippen MR) is 69.4 cm³/mol. The maximum absolute atomic E-state index is 5.14. The van der Waals surface area contributed by atoms with Crippen LogP contribution < -0.4 is 5.32 Å². The molecule has 0 aromatic carbocycles. The highest BCUT2D eigenvalue weighted by Gasteiger charge is 2.07. The summed E-state index contributed by atoms with van der Waals surface area (Å²) in [6.45, 7) is 8.61. The first-order valence-corrected chi connectivity index (χ1v) is 6.06. The lowest BCUT2D eigenvalue weighted by Gasteiger charge is -2.09. The summed E-state index contributed by atoms with van der Waals surface area (Å²) < 4.78 is 5.14. The number of hydrogen-bond donors (Lipinski definition) is 1. The Hall–Kier alpha value is -1.91. The molecule has 0 saturated heterocycles. The second-order valence-corrected chi connectivity index (χ2v) is 4.70. The normalized spacial score (nSPS) is 10.9. The van der Waals surface area contributed by atoms with Crippen molar-refractivity contribution in [2.75, 3.05) is 5.32 Å². The maximum atomic E-state index is 5.14. The van der Waals surface area contributed by atoms with E-state index in [1.54, 1.807) is 0 Å². The number of nitrogens with zero attached hydrogens (tertiary/aromatic N) is 3. The molecule has 0 radical (unpaired) electrons. The third-order valence-corrected chi connectivity index (χ3v) is 2.51. The second-order valence-electron chi connectivity index (χ2n) is 4.70. The zero-order chi connectivity index (χ0) is 13.1. The fourth-order valence-electron chi connectivity index (χ4n) is 1.62. The van der Waals surface area contributed by atoms with E-state index in [0.717, 1.165) is 28.8 Å². The topological polar surface area (TPSA) is 63.8 Å². The van der Waals surface area contributed by atoms with E-state index in [9.17, 15) is 0 Å². The Morgan fingerprint density at radius 3 is 2.56 bits per heavy atom. The molecule has 0 bridgehead atoms. The largest absolute Gasteiger partial charge is 0.363 e. The van der Waals surface area contributed by atoms with Crippen molar-refractivity contribution in [2.24, 2.45) is 0 Å². The van der Waals surface area contributed by atoms with Crippen molar-refractivity contribution in [3.8, 4) is 0 Å². The van der Waals surface area contributed by atoms with Gasteiger partial charge >= 0.3 is 0 Å². The Labute approximate surface area is 107 Å². The molecule has 0 unspecified atom stereocenters. The predicted octanol–water partition coefficient (Wildman–Crippen LogP) is 2.82. The van der Waals surface area contributed by atoms with Gasteiger partial charge < -0.3 is 9.84 Å². The van der Waals surface area contributed by atoms with Gasteiger partial charge in [0.15, 0.2) is 5.76 Å². The van der Waals surface area contributed by atoms with Crippen LogP contribution in [0.2, 0.25) is 0 Å². The lowest BCUT2D eigenvalue weighted by molar-refractivity contribution is 0.384. The number of nitrogens with one attached hydrogen (secondary N) is 1. The Kier molecular flexibility index (Phi) is 3.60. The summed E-state index contributed by atoms with van der Waals surface area (Å²) in [6, 6.07) is 3.83. The minimum absolute atomic E-state index is 0.318. The molecular formula is C13H18N4O. The van der Waals surface area contributed by atoms with Gasteiger partial charge in [0.2, 0.25) is 0 Å². The number of rotatable bonds is 4. The Bertz CT molecular complexity index is 534. The molecule has 0 spiro atoms. The van der Waals surface area contributed by atoms with E-state index in [0.29, 0.717) is 12.5 Å². The van der Waals surface area contributed by atoms with Crippen LogP contribution in [0.1, 0.15) is 42.7 Å². The summed E-state index contributed by atoms with van der Waals surface area (Å²) in [7, 11) is 0. The van der Waals surface area contributed by atoms with E-state index < -0.39 is 0 Å². The zero-order valence-corrected chi connectivity index (χ0v) is 11.2. The van der Waals surface area contributed by atoms with Gasteiger partial charge in [0.1, 0.15) is 11.6 Å². The van der Waals surface area contributed by atoms with Crippen LogP contribution in [0.4, 0.5) is 5.82 Å². The first-order valence-electron chi connectivity index (χ1n) is 6.06. The highest BCUT2D eigenvalue weighted by Crippen LogP contribution is 2.14. The van der Waals surface area contributed by atoms with E-state index in [4.69, 9.17) is 4.52 Å². The molecule has 0 amide bonds. The smallest absolute Gasteiger partial charge is 0.156 e. The molecule has 5 heteroatoms. The van der Waals surface area contributed by atoms with E-state index in [-0.39, 0.29) is 0 Å². The van der Waals surface area contributed by atoms with E-state index >= 15 is 0 Å². The van der Waals surface area contributed by atoms with E-state index in [1.807, 2.05) is 26.0 Å². The molecule has 0 atom stereocenters. The van der Waals surface area contributed by atoms with Gasteiger partial charge in [-0.25, -0.2) is 9.97 Å². The minimum atomic E-state index is 0.318. The standard InChI is InChI=1S/C13H18N4O/c1-8(2)13-15-9(3)6-12(16-13)14-7-11-5-10(4)17-18-11/h5-6,8H,7H2,1-4H3,(H,14,15,16). The van der Waals surface area contributed by atoms with Gasteiger partial charge in [0, 0.05) is 23.7 Å². The molecule has 2 heterocycles. The second kappa shape index (κ2) is 5.16. The molecule has 2 aromatic heterocycles. The molecule has 0 saturated carbocycles. The summed E-state index contributed by atoms with van der Waals surface area (Å²) >= 11 is 0. The van der Waals surface area contributed by atoms with Gasteiger partial charge in [-0.05, 0) is 13.8 Å². The van der Waals surface area contributed by atoms with Crippen molar-refractivity contribution in [3.63, 3.8) is 0 Å². The van der Waals surface area contributed by atoms with Crippen molar-refractivity contribution in [2.45, 2.75) is 40.2 Å². The molecule has 2 aromatic rings. The highest BCUT2D eigenvalue weighted by molar-refractivity contribution is 5.36. The van der Waals surface area contributed by atoms with E-state index in [2.05, 4.69) is 34.3 Å². The van der Waals surface area contributed by atoms with Crippen LogP contribution in [-0.4, -0.2) is 15.1 Å². The summed E-state index contributed by atoms with van der Waals surface area (Å²) in [6.07, 6.45) is 0. The SMILES string of the molecule is Cc1cc(CNc2cc(C)nc(C(C)C)n2)on1. The number of aromatic nitrogens is 3. The molecule has 0 fully saturated rings. The highest BCUT2D eigenvalue weighted by atomic mass is 16.5. The average Bonchev–Trinajstić information content (AvgIpc) is 2.72.